The van der Waals surface area contributed by atoms with E-state index in [0.29, 0.717) is 11.3 Å². The lowest BCUT2D eigenvalue weighted by Crippen LogP contribution is -2.34. The minimum absolute atomic E-state index is 0.0904. The van der Waals surface area contributed by atoms with Gasteiger partial charge in [-0.2, -0.15) is 0 Å². The van der Waals surface area contributed by atoms with Gasteiger partial charge in [-0.3, -0.25) is 0 Å². The highest BCUT2D eigenvalue weighted by Crippen LogP contribution is 2.44. The molecule has 0 heterocycles. The average Bonchev–Trinajstić information content (AvgIpc) is 2.23. The monoisotopic (exact) mass is 226 g/mol. The van der Waals surface area contributed by atoms with E-state index in [0.717, 1.165) is 12.3 Å². The lowest BCUT2D eigenvalue weighted by atomic mass is 9.68. The van der Waals surface area contributed by atoms with Crippen molar-refractivity contribution in [1.82, 2.24) is 0 Å². The van der Waals surface area contributed by atoms with Gasteiger partial charge in [0.2, 0.25) is 0 Å². The van der Waals surface area contributed by atoms with Crippen molar-refractivity contribution in [2.75, 3.05) is 0 Å². The van der Waals surface area contributed by atoms with Crippen LogP contribution in [0.15, 0.2) is 0 Å². The Labute approximate surface area is 102 Å². The van der Waals surface area contributed by atoms with Crippen molar-refractivity contribution in [3.63, 3.8) is 0 Å². The maximum Gasteiger partial charge on any atom is 0.0573 e. The normalized spacial score (nSPS) is 33.6. The summed E-state index contributed by atoms with van der Waals surface area (Å²) in [6, 6.07) is 0. The Hall–Kier alpha value is -0.0400. The molecule has 1 saturated carbocycles. The summed E-state index contributed by atoms with van der Waals surface area (Å²) in [5, 5.41) is 10.3. The molecule has 1 nitrogen and oxygen atoms in total. The molecule has 1 aliphatic rings. The van der Waals surface area contributed by atoms with Crippen molar-refractivity contribution in [2.45, 2.75) is 73.3 Å². The van der Waals surface area contributed by atoms with E-state index < -0.39 is 0 Å². The molecule has 96 valence electrons. The number of rotatable bonds is 0. The molecule has 16 heavy (non-hydrogen) atoms. The topological polar surface area (TPSA) is 20.2 Å². The highest BCUT2D eigenvalue weighted by atomic mass is 16.3. The highest BCUT2D eigenvalue weighted by molar-refractivity contribution is 4.88. The maximum atomic E-state index is 10.3. The Morgan fingerprint density at radius 1 is 0.875 bits per heavy atom. The molecular formula is C15H30O. The predicted molar refractivity (Wildman–Crippen MR) is 70.4 cm³/mol. The Morgan fingerprint density at radius 2 is 1.44 bits per heavy atom. The van der Waals surface area contributed by atoms with E-state index in [1.54, 1.807) is 0 Å². The van der Waals surface area contributed by atoms with E-state index in [4.69, 9.17) is 0 Å². The van der Waals surface area contributed by atoms with E-state index in [1.165, 1.54) is 19.3 Å². The maximum absolute atomic E-state index is 10.3. The van der Waals surface area contributed by atoms with Crippen LogP contribution in [0.4, 0.5) is 0 Å². The van der Waals surface area contributed by atoms with Gasteiger partial charge in [-0.1, -0.05) is 48.0 Å². The first-order valence-corrected chi connectivity index (χ1v) is 6.80. The zero-order chi connectivity index (χ0) is 12.6. The first-order valence-electron chi connectivity index (χ1n) is 6.80. The molecule has 3 atom stereocenters. The molecule has 1 rings (SSSR count). The number of hydrogen-bond acceptors (Lipinski definition) is 1. The van der Waals surface area contributed by atoms with E-state index in [1.807, 2.05) is 0 Å². The van der Waals surface area contributed by atoms with Gasteiger partial charge in [-0.25, -0.2) is 0 Å². The second kappa shape index (κ2) is 4.68. The molecule has 1 fully saturated rings. The van der Waals surface area contributed by atoms with Crippen LogP contribution < -0.4 is 0 Å². The Morgan fingerprint density at radius 3 is 1.88 bits per heavy atom. The van der Waals surface area contributed by atoms with E-state index in [9.17, 15) is 5.11 Å². The third-order valence-corrected chi connectivity index (χ3v) is 4.39. The van der Waals surface area contributed by atoms with Gasteiger partial charge in [0.15, 0.2) is 0 Å². The molecule has 0 amide bonds. The number of aliphatic hydroxyl groups excluding tert-OH is 1. The van der Waals surface area contributed by atoms with Crippen molar-refractivity contribution < 1.29 is 5.11 Å². The fourth-order valence-corrected chi connectivity index (χ4v) is 3.07. The molecule has 1 N–H and O–H groups in total. The van der Waals surface area contributed by atoms with E-state index in [-0.39, 0.29) is 11.5 Å². The van der Waals surface area contributed by atoms with Crippen LogP contribution in [0, 0.1) is 22.7 Å². The van der Waals surface area contributed by atoms with Crippen LogP contribution in [0.2, 0.25) is 0 Å². The standard InChI is InChI=1S/C15H30O/c1-14(2,3)11-8-7-9-13(16)12(10-11)15(4,5)6/h11-13,16H,7-10H2,1-6H3. The van der Waals surface area contributed by atoms with Gasteiger partial charge in [0.25, 0.3) is 0 Å². The van der Waals surface area contributed by atoms with Crippen molar-refractivity contribution in [2.24, 2.45) is 22.7 Å². The van der Waals surface area contributed by atoms with Crippen LogP contribution in [0.1, 0.15) is 67.2 Å². The minimum Gasteiger partial charge on any atom is -0.393 e. The summed E-state index contributed by atoms with van der Waals surface area (Å²) in [7, 11) is 0. The first kappa shape index (κ1) is 14.0. The summed E-state index contributed by atoms with van der Waals surface area (Å²) in [6.45, 7) is 13.8. The van der Waals surface area contributed by atoms with E-state index >= 15 is 0 Å². The number of aliphatic hydroxyl groups is 1. The summed E-state index contributed by atoms with van der Waals surface area (Å²) in [5.41, 5.74) is 0.612. The Bertz CT molecular complexity index is 219. The molecule has 0 spiro atoms. The summed E-state index contributed by atoms with van der Waals surface area (Å²) < 4.78 is 0. The van der Waals surface area contributed by atoms with Crippen LogP contribution in [-0.2, 0) is 0 Å². The highest BCUT2D eigenvalue weighted by Gasteiger charge is 2.38. The van der Waals surface area contributed by atoms with Crippen molar-refractivity contribution in [1.29, 1.82) is 0 Å². The summed E-state index contributed by atoms with van der Waals surface area (Å²) >= 11 is 0. The second-order valence-corrected chi connectivity index (χ2v) is 7.77. The molecule has 0 bridgehead atoms. The third-order valence-electron chi connectivity index (χ3n) is 4.39. The third kappa shape index (κ3) is 3.48. The molecule has 0 aromatic carbocycles. The van der Waals surface area contributed by atoms with Gasteiger partial charge in [0.05, 0.1) is 6.10 Å². The van der Waals surface area contributed by atoms with Crippen LogP contribution in [-0.4, -0.2) is 11.2 Å². The van der Waals surface area contributed by atoms with Crippen molar-refractivity contribution in [3.05, 3.63) is 0 Å². The average molecular weight is 226 g/mol. The number of hydrogen-bond donors (Lipinski definition) is 1. The summed E-state index contributed by atoms with van der Waals surface area (Å²) in [6.07, 6.45) is 4.57. The molecule has 1 heteroatoms. The van der Waals surface area contributed by atoms with Gasteiger partial charge >= 0.3 is 0 Å². The molecule has 0 aromatic heterocycles. The quantitative estimate of drug-likeness (QED) is 0.612. The van der Waals surface area contributed by atoms with Gasteiger partial charge in [-0.15, -0.1) is 0 Å². The SMILES string of the molecule is CC(C)(C)C1CCCC(O)C(C(C)(C)C)C1. The second-order valence-electron chi connectivity index (χ2n) is 7.77. The van der Waals surface area contributed by atoms with Crippen LogP contribution >= 0.6 is 0 Å². The smallest absolute Gasteiger partial charge is 0.0573 e. The van der Waals surface area contributed by atoms with Crippen LogP contribution in [0.3, 0.4) is 0 Å². The molecule has 0 saturated heterocycles. The van der Waals surface area contributed by atoms with Crippen LogP contribution in [0.5, 0.6) is 0 Å². The summed E-state index contributed by atoms with van der Waals surface area (Å²) in [4.78, 5) is 0. The fourth-order valence-electron chi connectivity index (χ4n) is 3.07. The Kier molecular flexibility index (Phi) is 4.10. The van der Waals surface area contributed by atoms with Gasteiger partial charge in [0, 0.05) is 0 Å². The largest absolute Gasteiger partial charge is 0.393 e. The molecule has 3 unspecified atom stereocenters. The van der Waals surface area contributed by atoms with Crippen LogP contribution in [0.25, 0.3) is 0 Å². The lowest BCUT2D eigenvalue weighted by molar-refractivity contribution is 0.0233. The van der Waals surface area contributed by atoms with Crippen molar-refractivity contribution >= 4 is 0 Å². The summed E-state index contributed by atoms with van der Waals surface area (Å²) in [5.74, 6) is 1.22. The van der Waals surface area contributed by atoms with Gasteiger partial charge in [0.1, 0.15) is 0 Å². The van der Waals surface area contributed by atoms with Gasteiger partial charge < -0.3 is 5.11 Å². The fraction of sp³-hybridized carbons (Fsp3) is 1.00. The van der Waals surface area contributed by atoms with Gasteiger partial charge in [-0.05, 0) is 41.9 Å². The first-order chi connectivity index (χ1) is 7.12. The zero-order valence-corrected chi connectivity index (χ0v) is 12.0. The molecule has 1 aliphatic carbocycles. The molecular weight excluding hydrogens is 196 g/mol. The zero-order valence-electron chi connectivity index (χ0n) is 12.0. The molecule has 0 aromatic rings. The minimum atomic E-state index is -0.0904. The van der Waals surface area contributed by atoms with E-state index in [2.05, 4.69) is 41.5 Å². The molecule has 0 radical (unpaired) electrons. The van der Waals surface area contributed by atoms with Crippen molar-refractivity contribution in [3.8, 4) is 0 Å². The molecule has 0 aliphatic heterocycles. The lowest BCUT2D eigenvalue weighted by Gasteiger charge is -2.38. The predicted octanol–water partition coefficient (Wildman–Crippen LogP) is 4.25. The Balaban J connectivity index is 2.82.